The molecule has 2 aromatic rings. The fourth-order valence-corrected chi connectivity index (χ4v) is 6.44. The second-order valence-corrected chi connectivity index (χ2v) is 9.23. The van der Waals surface area contributed by atoms with E-state index < -0.39 is 0 Å². The predicted molar refractivity (Wildman–Crippen MR) is 120 cm³/mol. The average Bonchev–Trinajstić information content (AvgIpc) is 3.48. The minimum absolute atomic E-state index is 0.0210. The van der Waals surface area contributed by atoms with E-state index in [1.807, 2.05) is 23.5 Å². The minimum atomic E-state index is 0.0210. The fourth-order valence-electron chi connectivity index (χ4n) is 4.84. The molecule has 0 saturated carbocycles. The molecule has 8 heteroatoms. The van der Waals surface area contributed by atoms with Crippen LogP contribution in [0.25, 0.3) is 6.08 Å². The summed E-state index contributed by atoms with van der Waals surface area (Å²) in [7, 11) is 0. The van der Waals surface area contributed by atoms with Crippen LogP contribution in [0.15, 0.2) is 35.3 Å². The minimum Gasteiger partial charge on any atom is -0.371 e. The number of hydrogen-bond donors (Lipinski definition) is 4. The highest BCUT2D eigenvalue weighted by atomic mass is 35.5. The van der Waals surface area contributed by atoms with Crippen molar-refractivity contribution in [2.45, 2.75) is 31.1 Å². The third-order valence-electron chi connectivity index (χ3n) is 6.15. The van der Waals surface area contributed by atoms with E-state index in [4.69, 9.17) is 16.6 Å². The Morgan fingerprint density at radius 1 is 1.24 bits per heavy atom. The number of nitrogens with zero attached hydrogens (tertiary/aromatic N) is 2. The van der Waals surface area contributed by atoms with E-state index in [1.165, 1.54) is 21.0 Å². The van der Waals surface area contributed by atoms with Crippen molar-refractivity contribution in [2.24, 2.45) is 4.99 Å². The van der Waals surface area contributed by atoms with Crippen LogP contribution < -0.4 is 26.4 Å². The van der Waals surface area contributed by atoms with Gasteiger partial charge in [-0.1, -0.05) is 35.9 Å². The lowest BCUT2D eigenvalue weighted by atomic mass is 9.91. The number of amidine groups is 1. The maximum atomic E-state index is 6.72. The molecule has 4 N–H and O–H groups in total. The van der Waals surface area contributed by atoms with Gasteiger partial charge in [0.15, 0.2) is 0 Å². The number of fused-ring (bicyclic) bond motifs is 5. The number of thiophene rings is 1. The molecular formula is C21H23ClN6S. The van der Waals surface area contributed by atoms with E-state index in [1.54, 1.807) is 0 Å². The van der Waals surface area contributed by atoms with Crippen LogP contribution in [0, 0.1) is 0 Å². The Morgan fingerprint density at radius 3 is 3.03 bits per heavy atom. The van der Waals surface area contributed by atoms with Crippen molar-refractivity contribution in [1.29, 1.82) is 0 Å². The summed E-state index contributed by atoms with van der Waals surface area (Å²) in [5, 5.41) is 9.55. The first kappa shape index (κ1) is 17.9. The first-order valence-electron chi connectivity index (χ1n) is 10.2. The molecule has 4 heterocycles. The summed E-state index contributed by atoms with van der Waals surface area (Å²) >= 11 is 8.61. The molecule has 1 saturated heterocycles. The molecule has 1 fully saturated rings. The van der Waals surface area contributed by atoms with Crippen LogP contribution >= 0.6 is 22.9 Å². The maximum absolute atomic E-state index is 6.72. The Bertz CT molecular complexity index is 1010. The van der Waals surface area contributed by atoms with Crippen molar-refractivity contribution in [3.63, 3.8) is 0 Å². The van der Waals surface area contributed by atoms with Gasteiger partial charge in [0.05, 0.1) is 24.3 Å². The van der Waals surface area contributed by atoms with Gasteiger partial charge in [-0.2, -0.15) is 0 Å². The summed E-state index contributed by atoms with van der Waals surface area (Å²) in [4.78, 5) is 8.58. The third kappa shape index (κ3) is 2.84. The molecule has 4 aliphatic rings. The number of nitrogens with one attached hydrogen (secondary N) is 4. The SMILES string of the molecule is Clc1ccccc1C1NC(C2=NCCN2)C2NNCN2c2sc3c(c21)CCC=C3. The largest absolute Gasteiger partial charge is 0.371 e. The van der Waals surface area contributed by atoms with E-state index >= 15 is 0 Å². The number of hydrogen-bond acceptors (Lipinski definition) is 7. The van der Waals surface area contributed by atoms with Crippen LogP contribution in [0.2, 0.25) is 5.02 Å². The highest BCUT2D eigenvalue weighted by molar-refractivity contribution is 7.17. The zero-order valence-corrected chi connectivity index (χ0v) is 17.5. The lowest BCUT2D eigenvalue weighted by Crippen LogP contribution is -2.58. The number of benzene rings is 1. The summed E-state index contributed by atoms with van der Waals surface area (Å²) in [6.07, 6.45) is 6.81. The topological polar surface area (TPSA) is 63.7 Å². The summed E-state index contributed by atoms with van der Waals surface area (Å²) in [6, 6.07) is 8.27. The summed E-state index contributed by atoms with van der Waals surface area (Å²) in [5.41, 5.74) is 10.8. The van der Waals surface area contributed by atoms with E-state index in [-0.39, 0.29) is 18.2 Å². The molecule has 0 spiro atoms. The van der Waals surface area contributed by atoms with Crippen molar-refractivity contribution >= 4 is 39.9 Å². The van der Waals surface area contributed by atoms with Crippen LogP contribution in [-0.4, -0.2) is 37.8 Å². The quantitative estimate of drug-likeness (QED) is 0.594. The van der Waals surface area contributed by atoms with Crippen LogP contribution in [0.3, 0.4) is 0 Å². The van der Waals surface area contributed by atoms with Gasteiger partial charge in [0, 0.05) is 22.0 Å². The molecule has 0 radical (unpaired) electrons. The Kier molecular flexibility index (Phi) is 4.39. The molecule has 6 nitrogen and oxygen atoms in total. The van der Waals surface area contributed by atoms with Crippen molar-refractivity contribution in [3.8, 4) is 0 Å². The number of rotatable bonds is 2. The van der Waals surface area contributed by atoms with Gasteiger partial charge < -0.3 is 10.2 Å². The molecule has 1 aromatic heterocycles. The van der Waals surface area contributed by atoms with Gasteiger partial charge in [0.1, 0.15) is 18.0 Å². The zero-order chi connectivity index (χ0) is 19.4. The van der Waals surface area contributed by atoms with Crippen molar-refractivity contribution in [3.05, 3.63) is 56.9 Å². The normalized spacial score (nSPS) is 27.7. The summed E-state index contributed by atoms with van der Waals surface area (Å²) in [5.74, 6) is 1.03. The van der Waals surface area contributed by atoms with Crippen LogP contribution in [0.4, 0.5) is 5.00 Å². The second kappa shape index (κ2) is 7.11. The van der Waals surface area contributed by atoms with Crippen LogP contribution in [-0.2, 0) is 6.42 Å². The fraction of sp³-hybridized carbons (Fsp3) is 0.381. The maximum Gasteiger partial charge on any atom is 0.117 e. The Hall–Kier alpha value is -1.90. The third-order valence-corrected chi connectivity index (χ3v) is 7.74. The summed E-state index contributed by atoms with van der Waals surface area (Å²) < 4.78 is 0. The highest BCUT2D eigenvalue weighted by Gasteiger charge is 2.44. The zero-order valence-electron chi connectivity index (χ0n) is 15.9. The first-order chi connectivity index (χ1) is 14.3. The molecule has 29 heavy (non-hydrogen) atoms. The second-order valence-electron chi connectivity index (χ2n) is 7.79. The molecule has 3 aliphatic heterocycles. The average molecular weight is 427 g/mol. The Morgan fingerprint density at radius 2 is 2.17 bits per heavy atom. The monoisotopic (exact) mass is 426 g/mol. The van der Waals surface area contributed by atoms with Gasteiger partial charge in [0.2, 0.25) is 0 Å². The molecule has 1 aromatic carbocycles. The predicted octanol–water partition coefficient (Wildman–Crippen LogP) is 2.62. The van der Waals surface area contributed by atoms with E-state index in [0.717, 1.165) is 49.0 Å². The van der Waals surface area contributed by atoms with Crippen molar-refractivity contribution in [2.75, 3.05) is 24.7 Å². The number of halogens is 1. The lowest BCUT2D eigenvalue weighted by molar-refractivity contribution is 0.443. The molecule has 150 valence electrons. The van der Waals surface area contributed by atoms with Gasteiger partial charge >= 0.3 is 0 Å². The standard InChI is InChI=1S/C21H23ClN6S/c22-14-7-3-1-5-12(14)17-16-13-6-2-4-8-15(13)29-21(16)28-11-25-27-20(28)18(26-17)19-23-9-10-24-19/h1,3-5,7-8,17-18,20,25-27H,2,6,9-11H2,(H,23,24). The molecule has 0 amide bonds. The van der Waals surface area contributed by atoms with E-state index in [2.05, 4.69) is 50.7 Å². The molecule has 3 atom stereocenters. The van der Waals surface area contributed by atoms with Crippen molar-refractivity contribution < 1.29 is 0 Å². The van der Waals surface area contributed by atoms with Crippen molar-refractivity contribution in [1.82, 2.24) is 21.5 Å². The van der Waals surface area contributed by atoms with E-state index in [9.17, 15) is 0 Å². The van der Waals surface area contributed by atoms with Gasteiger partial charge in [0.25, 0.3) is 0 Å². The lowest BCUT2D eigenvalue weighted by Gasteiger charge is -2.30. The van der Waals surface area contributed by atoms with Gasteiger partial charge in [-0.05, 0) is 36.1 Å². The molecule has 0 bridgehead atoms. The first-order valence-corrected chi connectivity index (χ1v) is 11.4. The Labute approximate surface area is 179 Å². The van der Waals surface area contributed by atoms with Gasteiger partial charge in [-0.25, -0.2) is 10.9 Å². The smallest absolute Gasteiger partial charge is 0.117 e. The highest BCUT2D eigenvalue weighted by Crippen LogP contribution is 2.48. The van der Waals surface area contributed by atoms with Crippen LogP contribution in [0.5, 0.6) is 0 Å². The number of hydrazine groups is 1. The molecule has 1 aliphatic carbocycles. The molecular weight excluding hydrogens is 404 g/mol. The van der Waals surface area contributed by atoms with Gasteiger partial charge in [-0.15, -0.1) is 11.3 Å². The van der Waals surface area contributed by atoms with Gasteiger partial charge in [-0.3, -0.25) is 10.3 Å². The molecule has 3 unspecified atom stereocenters. The Balaban J connectivity index is 1.56. The molecule has 6 rings (SSSR count). The summed E-state index contributed by atoms with van der Waals surface area (Å²) in [6.45, 7) is 2.49. The number of aliphatic imine (C=N–C) groups is 1. The van der Waals surface area contributed by atoms with Crippen LogP contribution in [0.1, 0.15) is 34.0 Å². The number of allylic oxidation sites excluding steroid dienone is 1. The number of anilines is 1. The van der Waals surface area contributed by atoms with E-state index in [0.29, 0.717) is 0 Å².